The number of nitrogens with zero attached hydrogens (tertiary/aromatic N) is 1. The summed E-state index contributed by atoms with van der Waals surface area (Å²) in [5, 5.41) is 19.9. The Morgan fingerprint density at radius 2 is 1.75 bits per heavy atom. The molecule has 0 atom stereocenters. The Morgan fingerprint density at radius 1 is 1.00 bits per heavy atom. The maximum Gasteiger partial charge on any atom is 0.306 e. The van der Waals surface area contributed by atoms with Crippen LogP contribution in [-0.2, 0) is 22.6 Å². The van der Waals surface area contributed by atoms with Crippen molar-refractivity contribution in [3.63, 3.8) is 0 Å². The van der Waals surface area contributed by atoms with Gasteiger partial charge in [0.25, 0.3) is 0 Å². The fourth-order valence-corrected chi connectivity index (χ4v) is 3.25. The molecule has 0 fully saturated rings. The van der Waals surface area contributed by atoms with E-state index in [1.807, 2.05) is 48.7 Å². The zero-order valence-electron chi connectivity index (χ0n) is 15.8. The third-order valence-corrected chi connectivity index (χ3v) is 4.64. The van der Waals surface area contributed by atoms with Crippen molar-refractivity contribution < 1.29 is 19.7 Å². The van der Waals surface area contributed by atoms with E-state index < -0.39 is 0 Å². The summed E-state index contributed by atoms with van der Waals surface area (Å²) in [6.07, 6.45) is 4.11. The van der Waals surface area contributed by atoms with Crippen LogP contribution in [-0.4, -0.2) is 27.8 Å². The lowest BCUT2D eigenvalue weighted by molar-refractivity contribution is -0.143. The molecule has 0 saturated heterocycles. The van der Waals surface area contributed by atoms with E-state index in [1.54, 1.807) is 19.2 Å². The normalized spacial score (nSPS) is 10.6. The largest absolute Gasteiger partial charge is 0.508 e. The van der Waals surface area contributed by atoms with E-state index in [2.05, 4.69) is 4.98 Å². The molecule has 28 heavy (non-hydrogen) atoms. The molecule has 0 amide bonds. The van der Waals surface area contributed by atoms with Crippen LogP contribution in [0, 0.1) is 0 Å². The lowest BCUT2D eigenvalue weighted by Crippen LogP contribution is -2.07. The highest BCUT2D eigenvalue weighted by Crippen LogP contribution is 2.34. The first kappa shape index (κ1) is 19.6. The van der Waals surface area contributed by atoms with E-state index in [4.69, 9.17) is 4.74 Å². The van der Waals surface area contributed by atoms with E-state index in [0.717, 1.165) is 27.8 Å². The van der Waals surface area contributed by atoms with E-state index in [-0.39, 0.29) is 24.7 Å². The van der Waals surface area contributed by atoms with Gasteiger partial charge in [-0.2, -0.15) is 0 Å². The van der Waals surface area contributed by atoms with Gasteiger partial charge in [0.15, 0.2) is 0 Å². The van der Waals surface area contributed by atoms with Crippen LogP contribution in [0.4, 0.5) is 0 Å². The second-order valence-electron chi connectivity index (χ2n) is 6.37. The number of phenols is 1. The number of carbonyl (C=O) groups is 1. The first-order chi connectivity index (χ1) is 13.6. The summed E-state index contributed by atoms with van der Waals surface area (Å²) in [6, 6.07) is 15.3. The Balaban J connectivity index is 1.95. The maximum absolute atomic E-state index is 11.8. The average Bonchev–Trinajstić information content (AvgIpc) is 2.73. The fraction of sp³-hybridized carbons (Fsp3) is 0.217. The molecule has 3 rings (SSSR count). The summed E-state index contributed by atoms with van der Waals surface area (Å²) in [5.41, 5.74) is 5.09. The molecule has 0 aliphatic rings. The van der Waals surface area contributed by atoms with Gasteiger partial charge in [-0.25, -0.2) is 0 Å². The molecule has 0 saturated carbocycles. The van der Waals surface area contributed by atoms with Crippen molar-refractivity contribution in [2.24, 2.45) is 0 Å². The molecule has 5 nitrogen and oxygen atoms in total. The summed E-state index contributed by atoms with van der Waals surface area (Å²) in [4.78, 5) is 15.9. The quantitative estimate of drug-likeness (QED) is 0.606. The van der Waals surface area contributed by atoms with E-state index in [9.17, 15) is 15.0 Å². The molecule has 3 aromatic rings. The summed E-state index contributed by atoms with van der Waals surface area (Å²) in [6.45, 7) is 1.79. The van der Waals surface area contributed by atoms with E-state index in [1.165, 1.54) is 0 Å². The van der Waals surface area contributed by atoms with Crippen LogP contribution in [0.15, 0.2) is 60.9 Å². The molecule has 1 heterocycles. The topological polar surface area (TPSA) is 79.7 Å². The van der Waals surface area contributed by atoms with Crippen molar-refractivity contribution >= 4 is 5.97 Å². The van der Waals surface area contributed by atoms with Gasteiger partial charge in [0.1, 0.15) is 5.75 Å². The van der Waals surface area contributed by atoms with Gasteiger partial charge in [-0.05, 0) is 53.3 Å². The second kappa shape index (κ2) is 9.15. The summed E-state index contributed by atoms with van der Waals surface area (Å²) < 4.78 is 5.01. The molecule has 0 unspecified atom stereocenters. The minimum absolute atomic E-state index is 0.0251. The van der Waals surface area contributed by atoms with Crippen molar-refractivity contribution in [2.45, 2.75) is 26.4 Å². The number of ether oxygens (including phenoxy) is 1. The number of aromatic hydroxyl groups is 1. The van der Waals surface area contributed by atoms with Crippen molar-refractivity contribution in [2.75, 3.05) is 6.61 Å². The highest BCUT2D eigenvalue weighted by molar-refractivity contribution is 5.75. The van der Waals surface area contributed by atoms with E-state index in [0.29, 0.717) is 18.6 Å². The third-order valence-electron chi connectivity index (χ3n) is 4.64. The fourth-order valence-electron chi connectivity index (χ4n) is 3.25. The summed E-state index contributed by atoms with van der Waals surface area (Å²) in [5.74, 6) is -0.273. The number of hydrogen-bond acceptors (Lipinski definition) is 5. The molecule has 5 heteroatoms. The third kappa shape index (κ3) is 4.38. The average molecular weight is 377 g/mol. The van der Waals surface area contributed by atoms with Gasteiger partial charge in [0.2, 0.25) is 0 Å². The second-order valence-corrected chi connectivity index (χ2v) is 6.37. The SMILES string of the molecule is CCOC(=O)CCc1c(-c2ccc(-c3cccnc3)cc2)ccc(O)c1CO. The zero-order valence-corrected chi connectivity index (χ0v) is 15.8. The molecule has 0 spiro atoms. The zero-order chi connectivity index (χ0) is 19.9. The minimum atomic E-state index is -0.300. The molecular weight excluding hydrogens is 354 g/mol. The standard InChI is InChI=1S/C23H23NO4/c1-2-28-23(27)12-10-20-19(9-11-22(26)21(20)15-25)17-7-5-16(6-8-17)18-4-3-13-24-14-18/h3-9,11,13-14,25-26H,2,10,12,15H2,1H3. The van der Waals surface area contributed by atoms with Crippen LogP contribution in [0.5, 0.6) is 5.75 Å². The Morgan fingerprint density at radius 3 is 2.39 bits per heavy atom. The first-order valence-electron chi connectivity index (χ1n) is 9.25. The van der Waals surface area contributed by atoms with E-state index >= 15 is 0 Å². The minimum Gasteiger partial charge on any atom is -0.508 e. The van der Waals surface area contributed by atoms with Gasteiger partial charge in [-0.15, -0.1) is 0 Å². The van der Waals surface area contributed by atoms with Gasteiger partial charge < -0.3 is 14.9 Å². The lowest BCUT2D eigenvalue weighted by Gasteiger charge is -2.16. The Bertz CT molecular complexity index is 937. The number of aromatic nitrogens is 1. The highest BCUT2D eigenvalue weighted by Gasteiger charge is 2.16. The first-order valence-corrected chi connectivity index (χ1v) is 9.25. The molecule has 0 aliphatic heterocycles. The van der Waals surface area contributed by atoms with Crippen LogP contribution in [0.3, 0.4) is 0 Å². The number of benzene rings is 2. The number of hydrogen-bond donors (Lipinski definition) is 2. The number of carbonyl (C=O) groups excluding carboxylic acids is 1. The maximum atomic E-state index is 11.8. The molecule has 2 aromatic carbocycles. The van der Waals surface area contributed by atoms with Crippen molar-refractivity contribution in [3.05, 3.63) is 72.1 Å². The molecule has 1 aromatic heterocycles. The van der Waals surface area contributed by atoms with Crippen LogP contribution in [0.1, 0.15) is 24.5 Å². The van der Waals surface area contributed by atoms with Crippen LogP contribution >= 0.6 is 0 Å². The number of esters is 1. The number of aliphatic hydroxyl groups is 1. The van der Waals surface area contributed by atoms with Gasteiger partial charge in [0.05, 0.1) is 13.2 Å². The molecule has 144 valence electrons. The van der Waals surface area contributed by atoms with Crippen molar-refractivity contribution in [1.29, 1.82) is 0 Å². The highest BCUT2D eigenvalue weighted by atomic mass is 16.5. The van der Waals surface area contributed by atoms with Gasteiger partial charge in [0, 0.05) is 24.4 Å². The van der Waals surface area contributed by atoms with Gasteiger partial charge in [-0.1, -0.05) is 36.4 Å². The molecule has 0 aliphatic carbocycles. The number of rotatable bonds is 7. The van der Waals surface area contributed by atoms with Gasteiger partial charge in [-0.3, -0.25) is 9.78 Å². The van der Waals surface area contributed by atoms with Gasteiger partial charge >= 0.3 is 5.97 Å². The van der Waals surface area contributed by atoms with Crippen molar-refractivity contribution in [1.82, 2.24) is 4.98 Å². The predicted octanol–water partition coefficient (Wildman–Crippen LogP) is 4.11. The number of aliphatic hydroxyl groups excluding tert-OH is 1. The van der Waals surface area contributed by atoms with Crippen LogP contribution in [0.2, 0.25) is 0 Å². The number of pyridine rings is 1. The van der Waals surface area contributed by atoms with Crippen LogP contribution < -0.4 is 0 Å². The molecule has 0 bridgehead atoms. The summed E-state index contributed by atoms with van der Waals surface area (Å²) in [7, 11) is 0. The lowest BCUT2D eigenvalue weighted by atomic mass is 9.91. The monoisotopic (exact) mass is 377 g/mol. The Kier molecular flexibility index (Phi) is 6.40. The van der Waals surface area contributed by atoms with Crippen LogP contribution in [0.25, 0.3) is 22.3 Å². The molecular formula is C23H23NO4. The molecule has 2 N–H and O–H groups in total. The van der Waals surface area contributed by atoms with Crippen molar-refractivity contribution in [3.8, 4) is 28.0 Å². The summed E-state index contributed by atoms with van der Waals surface area (Å²) >= 11 is 0. The predicted molar refractivity (Wildman–Crippen MR) is 108 cm³/mol. The Labute approximate surface area is 164 Å². The smallest absolute Gasteiger partial charge is 0.306 e. The molecule has 0 radical (unpaired) electrons. The Hall–Kier alpha value is -3.18.